The summed E-state index contributed by atoms with van der Waals surface area (Å²) in [6.45, 7) is -0.384. The van der Waals surface area contributed by atoms with Crippen molar-refractivity contribution in [2.45, 2.75) is 55.8 Å². The van der Waals surface area contributed by atoms with E-state index in [1.165, 1.54) is 10.8 Å². The van der Waals surface area contributed by atoms with Crippen molar-refractivity contribution >= 4 is 51.2 Å². The maximum Gasteiger partial charge on any atom is 0.326 e. The zero-order valence-corrected chi connectivity index (χ0v) is 21.8. The normalized spacial score (nSPS) is 28.1. The van der Waals surface area contributed by atoms with Crippen molar-refractivity contribution in [3.63, 3.8) is 0 Å². The SMILES string of the molecule is O=C1C[C@H]2/C=C/CCSSC[C@@H](NC(=O)[C@@H](Cc3ccccc3)N1)C(=O)NC1(CC1)C(=O)NCC(=O)O2. The molecule has 0 aromatic heterocycles. The number of hydrogen-bond donors (Lipinski definition) is 4. The van der Waals surface area contributed by atoms with Crippen LogP contribution in [0.25, 0.3) is 0 Å². The van der Waals surface area contributed by atoms with Gasteiger partial charge in [0, 0.05) is 17.9 Å². The summed E-state index contributed by atoms with van der Waals surface area (Å²) in [5, 5.41) is 10.9. The quantitative estimate of drug-likeness (QED) is 0.240. The van der Waals surface area contributed by atoms with Gasteiger partial charge in [0.2, 0.25) is 23.6 Å². The Hall–Kier alpha value is -2.99. The predicted octanol–water partition coefficient (Wildman–Crippen LogP) is 0.621. The van der Waals surface area contributed by atoms with Gasteiger partial charge in [0.25, 0.3) is 0 Å². The molecule has 10 nitrogen and oxygen atoms in total. The Balaban J connectivity index is 1.65. The Morgan fingerprint density at radius 2 is 1.76 bits per heavy atom. The molecule has 2 aliphatic heterocycles. The van der Waals surface area contributed by atoms with Gasteiger partial charge in [-0.3, -0.25) is 24.0 Å². The molecular weight excluding hydrogens is 516 g/mol. The molecule has 1 aromatic rings. The lowest BCUT2D eigenvalue weighted by Gasteiger charge is -2.26. The second kappa shape index (κ2) is 12.5. The van der Waals surface area contributed by atoms with Gasteiger partial charge < -0.3 is 26.0 Å². The number of carbonyl (C=O) groups is 5. The number of rotatable bonds is 2. The maximum absolute atomic E-state index is 13.4. The van der Waals surface area contributed by atoms with Gasteiger partial charge in [0.05, 0.1) is 6.42 Å². The van der Waals surface area contributed by atoms with E-state index in [9.17, 15) is 24.0 Å². The second-order valence-electron chi connectivity index (χ2n) is 9.18. The molecule has 198 valence electrons. The summed E-state index contributed by atoms with van der Waals surface area (Å²) < 4.78 is 5.47. The fraction of sp³-hybridized carbons (Fsp3) is 0.480. The highest BCUT2D eigenvalue weighted by Gasteiger charge is 2.52. The van der Waals surface area contributed by atoms with Crippen molar-refractivity contribution in [3.05, 3.63) is 48.0 Å². The van der Waals surface area contributed by atoms with Crippen molar-refractivity contribution < 1.29 is 28.7 Å². The van der Waals surface area contributed by atoms with Crippen LogP contribution in [0.15, 0.2) is 42.5 Å². The minimum Gasteiger partial charge on any atom is -0.456 e. The number of amides is 4. The van der Waals surface area contributed by atoms with E-state index < -0.39 is 53.3 Å². The molecule has 1 saturated heterocycles. The zero-order valence-electron chi connectivity index (χ0n) is 20.2. The highest BCUT2D eigenvalue weighted by Crippen LogP contribution is 2.36. The fourth-order valence-corrected chi connectivity index (χ4v) is 6.18. The monoisotopic (exact) mass is 546 g/mol. The van der Waals surface area contributed by atoms with E-state index in [1.807, 2.05) is 36.4 Å². The van der Waals surface area contributed by atoms with Crippen molar-refractivity contribution in [1.29, 1.82) is 0 Å². The third kappa shape index (κ3) is 7.75. The van der Waals surface area contributed by atoms with E-state index in [1.54, 1.807) is 16.9 Å². The largest absolute Gasteiger partial charge is 0.456 e. The minimum atomic E-state index is -1.11. The highest BCUT2D eigenvalue weighted by atomic mass is 33.1. The average molecular weight is 547 g/mol. The number of allylic oxidation sites excluding steroid dienone is 1. The van der Waals surface area contributed by atoms with Gasteiger partial charge in [-0.05, 0) is 30.9 Å². The molecule has 37 heavy (non-hydrogen) atoms. The predicted molar refractivity (Wildman–Crippen MR) is 140 cm³/mol. The number of fused-ring (bicyclic) bond motifs is 7. The molecule has 3 atom stereocenters. The number of benzene rings is 1. The highest BCUT2D eigenvalue weighted by molar-refractivity contribution is 8.76. The lowest BCUT2D eigenvalue weighted by atomic mass is 10.0. The summed E-state index contributed by atoms with van der Waals surface area (Å²) in [6, 6.07) is 7.35. The van der Waals surface area contributed by atoms with Crippen LogP contribution in [0, 0.1) is 0 Å². The summed E-state index contributed by atoms with van der Waals surface area (Å²) in [4.78, 5) is 64.9. The van der Waals surface area contributed by atoms with Crippen LogP contribution in [-0.4, -0.2) is 71.4 Å². The van der Waals surface area contributed by atoms with E-state index in [2.05, 4.69) is 21.3 Å². The third-order valence-corrected chi connectivity index (χ3v) is 8.66. The molecule has 1 saturated carbocycles. The molecule has 1 spiro atoms. The summed E-state index contributed by atoms with van der Waals surface area (Å²) in [5.41, 5.74) is -0.280. The van der Waals surface area contributed by atoms with E-state index in [0.29, 0.717) is 19.3 Å². The first-order valence-corrected chi connectivity index (χ1v) is 14.7. The Morgan fingerprint density at radius 1 is 0.973 bits per heavy atom. The topological polar surface area (TPSA) is 143 Å². The number of carbonyl (C=O) groups excluding carboxylic acids is 5. The second-order valence-corrected chi connectivity index (χ2v) is 11.8. The number of ether oxygens (including phenoxy) is 1. The van der Waals surface area contributed by atoms with Crippen molar-refractivity contribution in [2.24, 2.45) is 0 Å². The Labute approximate surface area is 222 Å². The lowest BCUT2D eigenvalue weighted by molar-refractivity contribution is -0.148. The maximum atomic E-state index is 13.4. The molecule has 2 heterocycles. The van der Waals surface area contributed by atoms with E-state index in [-0.39, 0.29) is 25.1 Å². The standard InChI is InChI=1S/C25H30N4O6S2/c30-20-13-17-8-4-5-11-36-37-15-19(28-22(32)18(27-20)12-16-6-2-1-3-7-16)23(33)29-25(9-10-25)24(34)26-14-21(31)35-17/h1-4,6-8,17-19H,5,9-15H2,(H,26,34)(H,27,30)(H,28,32)(H,29,33)/b8-4+/t17-,18-,19-/m1/s1. The van der Waals surface area contributed by atoms with Crippen molar-refractivity contribution in [1.82, 2.24) is 21.3 Å². The van der Waals surface area contributed by atoms with Crippen LogP contribution in [0.4, 0.5) is 0 Å². The van der Waals surface area contributed by atoms with Gasteiger partial charge in [-0.25, -0.2) is 0 Å². The van der Waals surface area contributed by atoms with Crippen molar-refractivity contribution in [2.75, 3.05) is 18.1 Å². The molecule has 1 aromatic carbocycles. The average Bonchev–Trinajstić information content (AvgIpc) is 3.65. The first kappa shape index (κ1) is 27.1. The number of esters is 1. The van der Waals surface area contributed by atoms with Gasteiger partial charge in [-0.2, -0.15) is 0 Å². The summed E-state index contributed by atoms with van der Waals surface area (Å²) in [5.74, 6) is -1.66. The molecule has 0 radical (unpaired) electrons. The molecule has 1 aliphatic carbocycles. The van der Waals surface area contributed by atoms with E-state index >= 15 is 0 Å². The zero-order chi connectivity index (χ0) is 26.3. The Kier molecular flexibility index (Phi) is 9.14. The van der Waals surface area contributed by atoms with Crippen LogP contribution in [0.2, 0.25) is 0 Å². The summed E-state index contributed by atoms with van der Waals surface area (Å²) in [7, 11) is 2.99. The first-order chi connectivity index (χ1) is 17.8. The molecule has 2 bridgehead atoms. The molecule has 12 heteroatoms. The van der Waals surface area contributed by atoms with E-state index in [0.717, 1.165) is 11.3 Å². The molecule has 4 amide bonds. The van der Waals surface area contributed by atoms with Crippen LogP contribution in [0.3, 0.4) is 0 Å². The molecule has 0 unspecified atom stereocenters. The molecule has 3 aliphatic rings. The fourth-order valence-electron chi connectivity index (χ4n) is 4.03. The summed E-state index contributed by atoms with van der Waals surface area (Å²) in [6.07, 6.45) is 4.18. The van der Waals surface area contributed by atoms with Crippen LogP contribution >= 0.6 is 21.6 Å². The number of nitrogens with one attached hydrogen (secondary N) is 4. The molecule has 4 N–H and O–H groups in total. The molecule has 2 fully saturated rings. The van der Waals surface area contributed by atoms with Crippen molar-refractivity contribution in [3.8, 4) is 0 Å². The number of hydrogen-bond acceptors (Lipinski definition) is 8. The van der Waals surface area contributed by atoms with Gasteiger partial charge >= 0.3 is 5.97 Å². The molecule has 4 rings (SSSR count). The smallest absolute Gasteiger partial charge is 0.326 e. The van der Waals surface area contributed by atoms with E-state index in [4.69, 9.17) is 4.74 Å². The van der Waals surface area contributed by atoms with Gasteiger partial charge in [0.1, 0.15) is 30.3 Å². The first-order valence-electron chi connectivity index (χ1n) is 12.2. The lowest BCUT2D eigenvalue weighted by Crippen LogP contribution is -2.59. The third-order valence-electron chi connectivity index (χ3n) is 6.21. The van der Waals surface area contributed by atoms with Crippen LogP contribution < -0.4 is 21.3 Å². The Bertz CT molecular complexity index is 1060. The van der Waals surface area contributed by atoms with Gasteiger partial charge in [-0.1, -0.05) is 58.0 Å². The van der Waals surface area contributed by atoms with Crippen LogP contribution in [0.1, 0.15) is 31.2 Å². The summed E-state index contributed by atoms with van der Waals surface area (Å²) >= 11 is 0. The Morgan fingerprint density at radius 3 is 2.51 bits per heavy atom. The molecular formula is C25H30N4O6S2. The van der Waals surface area contributed by atoms with Crippen LogP contribution in [0.5, 0.6) is 0 Å². The minimum absolute atomic E-state index is 0.190. The van der Waals surface area contributed by atoms with Crippen LogP contribution in [-0.2, 0) is 35.1 Å². The van der Waals surface area contributed by atoms with Gasteiger partial charge in [0.15, 0.2) is 0 Å². The van der Waals surface area contributed by atoms with Gasteiger partial charge in [-0.15, -0.1) is 0 Å².